The van der Waals surface area contributed by atoms with Crippen LogP contribution in [0.1, 0.15) is 18.7 Å². The number of nitrogens with two attached hydrogens (primary N) is 1. The molecule has 0 saturated carbocycles. The van der Waals surface area contributed by atoms with Crippen molar-refractivity contribution in [1.82, 2.24) is 0 Å². The first-order valence-electron chi connectivity index (χ1n) is 4.68. The summed E-state index contributed by atoms with van der Waals surface area (Å²) in [7, 11) is 0. The van der Waals surface area contributed by atoms with Crippen LogP contribution in [0.25, 0.3) is 11.3 Å². The van der Waals surface area contributed by atoms with Crippen LogP contribution in [0, 0.1) is 0 Å². The number of hydrogen-bond donors (Lipinski definition) is 1. The van der Waals surface area contributed by atoms with E-state index in [-0.39, 0.29) is 6.04 Å². The maximum Gasteiger partial charge on any atom is 0.134 e. The molecule has 0 fully saturated rings. The summed E-state index contributed by atoms with van der Waals surface area (Å²) < 4.78 is 5.61. The molecule has 2 rings (SSSR count). The average Bonchev–Trinajstić information content (AvgIpc) is 2.68. The summed E-state index contributed by atoms with van der Waals surface area (Å²) >= 11 is 0. The Hall–Kier alpha value is -1.54. The first-order chi connectivity index (χ1) is 6.77. The van der Waals surface area contributed by atoms with Crippen LogP contribution >= 0.6 is 0 Å². The van der Waals surface area contributed by atoms with Gasteiger partial charge in [0.15, 0.2) is 0 Å². The lowest BCUT2D eigenvalue weighted by molar-refractivity contribution is 0.491. The molecule has 2 aromatic rings. The van der Waals surface area contributed by atoms with Gasteiger partial charge in [-0.05, 0) is 19.1 Å². The fourth-order valence-electron chi connectivity index (χ4n) is 1.36. The molecule has 0 aliphatic heterocycles. The number of hydrogen-bond acceptors (Lipinski definition) is 2. The predicted octanol–water partition coefficient (Wildman–Crippen LogP) is 2.97. The molecule has 2 heteroatoms. The number of rotatable bonds is 2. The zero-order valence-electron chi connectivity index (χ0n) is 8.10. The van der Waals surface area contributed by atoms with Crippen LogP contribution in [-0.2, 0) is 0 Å². The normalized spacial score (nSPS) is 12.7. The molecule has 14 heavy (non-hydrogen) atoms. The van der Waals surface area contributed by atoms with Gasteiger partial charge < -0.3 is 10.2 Å². The van der Waals surface area contributed by atoms with Gasteiger partial charge in [-0.25, -0.2) is 0 Å². The van der Waals surface area contributed by atoms with Crippen LogP contribution in [0.2, 0.25) is 0 Å². The highest BCUT2D eigenvalue weighted by atomic mass is 16.3. The van der Waals surface area contributed by atoms with E-state index in [9.17, 15) is 0 Å². The third-order valence-electron chi connectivity index (χ3n) is 2.13. The van der Waals surface area contributed by atoms with Crippen molar-refractivity contribution in [2.45, 2.75) is 13.0 Å². The molecule has 1 aromatic carbocycles. The second kappa shape index (κ2) is 3.68. The van der Waals surface area contributed by atoms with Crippen molar-refractivity contribution in [2.24, 2.45) is 5.73 Å². The Balaban J connectivity index is 2.34. The molecule has 0 bridgehead atoms. The molecule has 0 aliphatic carbocycles. The first kappa shape index (κ1) is 9.03. The quantitative estimate of drug-likeness (QED) is 0.785. The fraction of sp³-hybridized carbons (Fsp3) is 0.167. The SMILES string of the molecule is C[C@H](N)c1ccc(-c2ccccc2)o1. The van der Waals surface area contributed by atoms with Crippen molar-refractivity contribution in [3.63, 3.8) is 0 Å². The van der Waals surface area contributed by atoms with Crippen molar-refractivity contribution >= 4 is 0 Å². The summed E-state index contributed by atoms with van der Waals surface area (Å²) in [6, 6.07) is 13.8. The van der Waals surface area contributed by atoms with Gasteiger partial charge in [-0.3, -0.25) is 0 Å². The highest BCUT2D eigenvalue weighted by molar-refractivity contribution is 5.57. The Kier molecular flexibility index (Phi) is 2.37. The summed E-state index contributed by atoms with van der Waals surface area (Å²) in [6.07, 6.45) is 0. The number of benzene rings is 1. The molecular weight excluding hydrogens is 174 g/mol. The molecule has 0 spiro atoms. The Morgan fingerprint density at radius 2 is 1.79 bits per heavy atom. The fourth-order valence-corrected chi connectivity index (χ4v) is 1.36. The van der Waals surface area contributed by atoms with Crippen molar-refractivity contribution in [2.75, 3.05) is 0 Å². The lowest BCUT2D eigenvalue weighted by Gasteiger charge is -1.99. The second-order valence-electron chi connectivity index (χ2n) is 3.36. The first-order valence-corrected chi connectivity index (χ1v) is 4.68. The molecular formula is C12H13NO. The minimum Gasteiger partial charge on any atom is -0.459 e. The Morgan fingerprint density at radius 3 is 2.36 bits per heavy atom. The monoisotopic (exact) mass is 187 g/mol. The molecule has 0 unspecified atom stereocenters. The van der Waals surface area contributed by atoms with Gasteiger partial charge in [0, 0.05) is 5.56 Å². The third kappa shape index (κ3) is 1.70. The topological polar surface area (TPSA) is 39.2 Å². The van der Waals surface area contributed by atoms with Crippen LogP contribution in [-0.4, -0.2) is 0 Å². The van der Waals surface area contributed by atoms with Crippen LogP contribution < -0.4 is 5.73 Å². The van der Waals surface area contributed by atoms with E-state index in [1.807, 2.05) is 49.4 Å². The summed E-state index contributed by atoms with van der Waals surface area (Å²) in [6.45, 7) is 1.91. The van der Waals surface area contributed by atoms with E-state index >= 15 is 0 Å². The average molecular weight is 187 g/mol. The molecule has 0 aliphatic rings. The maximum atomic E-state index is 5.71. The van der Waals surface area contributed by atoms with E-state index in [1.54, 1.807) is 0 Å². The summed E-state index contributed by atoms with van der Waals surface area (Å²) in [5, 5.41) is 0. The van der Waals surface area contributed by atoms with Gasteiger partial charge in [0.25, 0.3) is 0 Å². The molecule has 1 heterocycles. The zero-order chi connectivity index (χ0) is 9.97. The van der Waals surface area contributed by atoms with E-state index < -0.39 is 0 Å². The summed E-state index contributed by atoms with van der Waals surface area (Å²) in [5.41, 5.74) is 6.79. The molecule has 0 radical (unpaired) electrons. The Labute approximate surface area is 83.4 Å². The Bertz CT molecular complexity index is 403. The summed E-state index contributed by atoms with van der Waals surface area (Å²) in [4.78, 5) is 0. The number of furan rings is 1. The maximum absolute atomic E-state index is 5.71. The van der Waals surface area contributed by atoms with Crippen LogP contribution in [0.5, 0.6) is 0 Å². The van der Waals surface area contributed by atoms with E-state index in [1.165, 1.54) is 0 Å². The van der Waals surface area contributed by atoms with Gasteiger partial charge in [-0.15, -0.1) is 0 Å². The molecule has 72 valence electrons. The van der Waals surface area contributed by atoms with Crippen LogP contribution in [0.15, 0.2) is 46.9 Å². The Morgan fingerprint density at radius 1 is 1.07 bits per heavy atom. The molecule has 2 nitrogen and oxygen atoms in total. The highest BCUT2D eigenvalue weighted by Gasteiger charge is 2.06. The molecule has 1 aromatic heterocycles. The lowest BCUT2D eigenvalue weighted by Crippen LogP contribution is -2.02. The van der Waals surface area contributed by atoms with Gasteiger partial charge >= 0.3 is 0 Å². The molecule has 1 atom stereocenters. The van der Waals surface area contributed by atoms with Gasteiger partial charge in [0.1, 0.15) is 11.5 Å². The van der Waals surface area contributed by atoms with E-state index in [2.05, 4.69) is 0 Å². The second-order valence-corrected chi connectivity index (χ2v) is 3.36. The van der Waals surface area contributed by atoms with E-state index in [0.29, 0.717) is 0 Å². The standard InChI is InChI=1S/C12H13NO/c1-9(13)11-7-8-12(14-11)10-5-3-2-4-6-10/h2-9H,13H2,1H3/t9-/m0/s1. The van der Waals surface area contributed by atoms with E-state index in [0.717, 1.165) is 17.1 Å². The highest BCUT2D eigenvalue weighted by Crippen LogP contribution is 2.23. The van der Waals surface area contributed by atoms with Crippen molar-refractivity contribution < 1.29 is 4.42 Å². The predicted molar refractivity (Wildman–Crippen MR) is 56.7 cm³/mol. The van der Waals surface area contributed by atoms with Crippen LogP contribution in [0.4, 0.5) is 0 Å². The summed E-state index contributed by atoms with van der Waals surface area (Å²) in [5.74, 6) is 1.70. The largest absolute Gasteiger partial charge is 0.459 e. The third-order valence-corrected chi connectivity index (χ3v) is 2.13. The minimum atomic E-state index is -0.0486. The zero-order valence-corrected chi connectivity index (χ0v) is 8.10. The van der Waals surface area contributed by atoms with Gasteiger partial charge in [0.05, 0.1) is 6.04 Å². The molecule has 0 amide bonds. The smallest absolute Gasteiger partial charge is 0.134 e. The van der Waals surface area contributed by atoms with Crippen molar-refractivity contribution in [3.05, 3.63) is 48.2 Å². The van der Waals surface area contributed by atoms with Gasteiger partial charge in [-0.2, -0.15) is 0 Å². The van der Waals surface area contributed by atoms with Gasteiger partial charge in [0.2, 0.25) is 0 Å². The van der Waals surface area contributed by atoms with Crippen molar-refractivity contribution in [3.8, 4) is 11.3 Å². The minimum absolute atomic E-state index is 0.0486. The molecule has 0 saturated heterocycles. The van der Waals surface area contributed by atoms with Gasteiger partial charge in [-0.1, -0.05) is 30.3 Å². The van der Waals surface area contributed by atoms with Crippen molar-refractivity contribution in [1.29, 1.82) is 0 Å². The molecule has 2 N–H and O–H groups in total. The van der Waals surface area contributed by atoms with Crippen LogP contribution in [0.3, 0.4) is 0 Å². The van der Waals surface area contributed by atoms with E-state index in [4.69, 9.17) is 10.2 Å². The lowest BCUT2D eigenvalue weighted by atomic mass is 10.2.